The lowest BCUT2D eigenvalue weighted by molar-refractivity contribution is -0.143. The second-order valence-corrected chi connectivity index (χ2v) is 9.05. The lowest BCUT2D eigenvalue weighted by atomic mass is 9.87. The normalized spacial score (nSPS) is 19.2. The van der Waals surface area contributed by atoms with Crippen LogP contribution in [0.2, 0.25) is 0 Å². The van der Waals surface area contributed by atoms with Gasteiger partial charge in [-0.05, 0) is 72.7 Å². The summed E-state index contributed by atoms with van der Waals surface area (Å²) in [4.78, 5) is 17.0. The predicted molar refractivity (Wildman–Crippen MR) is 125 cm³/mol. The van der Waals surface area contributed by atoms with Crippen molar-refractivity contribution in [3.05, 3.63) is 77.0 Å². The van der Waals surface area contributed by atoms with Gasteiger partial charge in [0.05, 0.1) is 17.6 Å². The van der Waals surface area contributed by atoms with Crippen LogP contribution >= 0.6 is 0 Å². The summed E-state index contributed by atoms with van der Waals surface area (Å²) in [7, 11) is 0. The Balaban J connectivity index is 1.28. The molecule has 1 N–H and O–H groups in total. The molecule has 1 aliphatic carbocycles. The summed E-state index contributed by atoms with van der Waals surface area (Å²) in [5, 5.41) is 18.2. The van der Waals surface area contributed by atoms with Crippen molar-refractivity contribution < 1.29 is 23.4 Å². The third-order valence-electron chi connectivity index (χ3n) is 6.77. The number of hydrogen-bond donors (Lipinski definition) is 1. The standard InChI is InChI=1S/C27H23F2N3O3/c28-23-10-20(11-24(29)26(23)32-14-19-2-1-16(12-30)9-21(19)15-32)18-5-8-25(31-13-18)35-22-6-3-17(4-7-22)27(33)34/h1-2,5,8-11,13,17,22H,3-4,6-7,14-15H2,(H,33,34). The van der Waals surface area contributed by atoms with E-state index in [1.165, 1.54) is 18.3 Å². The minimum atomic E-state index is -0.765. The first-order valence-corrected chi connectivity index (χ1v) is 11.5. The Hall–Kier alpha value is -3.99. The molecule has 8 heteroatoms. The number of carbonyl (C=O) groups is 1. The van der Waals surface area contributed by atoms with Gasteiger partial charge in [0.2, 0.25) is 5.88 Å². The third kappa shape index (κ3) is 4.67. The zero-order chi connectivity index (χ0) is 24.5. The number of anilines is 1. The average molecular weight is 475 g/mol. The summed E-state index contributed by atoms with van der Waals surface area (Å²) in [6, 6.07) is 13.3. The number of ether oxygens (including phenoxy) is 1. The second-order valence-electron chi connectivity index (χ2n) is 9.05. The minimum absolute atomic E-state index is 0.0895. The van der Waals surface area contributed by atoms with E-state index in [0.29, 0.717) is 61.3 Å². The van der Waals surface area contributed by atoms with Crippen molar-refractivity contribution >= 4 is 11.7 Å². The number of aromatic nitrogens is 1. The Labute approximate surface area is 201 Å². The number of pyridine rings is 1. The van der Waals surface area contributed by atoms with E-state index in [4.69, 9.17) is 15.1 Å². The van der Waals surface area contributed by atoms with Crippen molar-refractivity contribution in [2.24, 2.45) is 5.92 Å². The van der Waals surface area contributed by atoms with Crippen molar-refractivity contribution in [1.82, 2.24) is 4.98 Å². The molecule has 2 aliphatic rings. The topological polar surface area (TPSA) is 86.5 Å². The fourth-order valence-corrected chi connectivity index (χ4v) is 4.88. The lowest BCUT2D eigenvalue weighted by Gasteiger charge is -2.26. The maximum Gasteiger partial charge on any atom is 0.306 e. The van der Waals surface area contributed by atoms with Gasteiger partial charge in [-0.15, -0.1) is 0 Å². The van der Waals surface area contributed by atoms with Crippen LogP contribution in [-0.4, -0.2) is 22.2 Å². The van der Waals surface area contributed by atoms with Crippen molar-refractivity contribution in [3.8, 4) is 23.1 Å². The second kappa shape index (κ2) is 9.34. The SMILES string of the molecule is N#Cc1ccc2c(c1)CN(c1c(F)cc(-c3ccc(OC4CCC(C(=O)O)CC4)nc3)cc1F)C2. The van der Waals surface area contributed by atoms with E-state index in [2.05, 4.69) is 11.1 Å². The van der Waals surface area contributed by atoms with E-state index in [9.17, 15) is 4.79 Å². The molecule has 2 aromatic carbocycles. The van der Waals surface area contributed by atoms with Crippen molar-refractivity contribution in [2.45, 2.75) is 44.9 Å². The Kier molecular flexibility index (Phi) is 6.08. The number of nitriles is 1. The van der Waals surface area contributed by atoms with Crippen LogP contribution in [0.25, 0.3) is 11.1 Å². The quantitative estimate of drug-likeness (QED) is 0.529. The Morgan fingerprint density at radius 1 is 1.00 bits per heavy atom. The summed E-state index contributed by atoms with van der Waals surface area (Å²) in [5.74, 6) is -2.01. The molecule has 1 saturated carbocycles. The van der Waals surface area contributed by atoms with E-state index >= 15 is 8.78 Å². The molecule has 1 aromatic heterocycles. The molecule has 0 amide bonds. The molecule has 3 aromatic rings. The molecule has 2 heterocycles. The summed E-state index contributed by atoms with van der Waals surface area (Å²) < 4.78 is 36.0. The van der Waals surface area contributed by atoms with Gasteiger partial charge in [0.25, 0.3) is 0 Å². The van der Waals surface area contributed by atoms with E-state index in [-0.39, 0.29) is 17.7 Å². The molecule has 0 radical (unpaired) electrons. The first-order valence-electron chi connectivity index (χ1n) is 11.5. The zero-order valence-corrected chi connectivity index (χ0v) is 18.9. The van der Waals surface area contributed by atoms with Gasteiger partial charge in [0, 0.05) is 30.9 Å². The average Bonchev–Trinajstić information content (AvgIpc) is 3.27. The molecule has 5 rings (SSSR count). The number of carboxylic acid groups (broad SMARTS) is 1. The largest absolute Gasteiger partial charge is 0.481 e. The first kappa shape index (κ1) is 22.8. The van der Waals surface area contributed by atoms with Crippen molar-refractivity contribution in [2.75, 3.05) is 4.90 Å². The van der Waals surface area contributed by atoms with Gasteiger partial charge >= 0.3 is 5.97 Å². The summed E-state index contributed by atoms with van der Waals surface area (Å²) >= 11 is 0. The van der Waals surface area contributed by atoms with Crippen LogP contribution in [0.4, 0.5) is 14.5 Å². The summed E-state index contributed by atoms with van der Waals surface area (Å²) in [6.45, 7) is 0.705. The molecule has 0 atom stereocenters. The fourth-order valence-electron chi connectivity index (χ4n) is 4.88. The van der Waals surface area contributed by atoms with Gasteiger partial charge < -0.3 is 14.7 Å². The van der Waals surface area contributed by atoms with Gasteiger partial charge in [-0.1, -0.05) is 6.07 Å². The van der Waals surface area contributed by atoms with Crippen LogP contribution in [0, 0.1) is 28.9 Å². The van der Waals surface area contributed by atoms with Crippen LogP contribution < -0.4 is 9.64 Å². The van der Waals surface area contributed by atoms with E-state index in [1.807, 2.05) is 6.07 Å². The number of nitrogens with zero attached hydrogens (tertiary/aromatic N) is 3. The monoisotopic (exact) mass is 475 g/mol. The van der Waals surface area contributed by atoms with E-state index in [0.717, 1.165) is 11.1 Å². The molecule has 0 saturated heterocycles. The van der Waals surface area contributed by atoms with Crippen LogP contribution in [0.15, 0.2) is 48.7 Å². The molecule has 6 nitrogen and oxygen atoms in total. The highest BCUT2D eigenvalue weighted by Crippen LogP contribution is 2.35. The number of rotatable bonds is 5. The highest BCUT2D eigenvalue weighted by atomic mass is 19.1. The van der Waals surface area contributed by atoms with Crippen LogP contribution in [0.3, 0.4) is 0 Å². The van der Waals surface area contributed by atoms with Crippen LogP contribution in [0.5, 0.6) is 5.88 Å². The van der Waals surface area contributed by atoms with Crippen molar-refractivity contribution in [3.63, 3.8) is 0 Å². The predicted octanol–water partition coefficient (Wildman–Crippen LogP) is 5.44. The molecule has 1 aliphatic heterocycles. The number of fused-ring (bicyclic) bond motifs is 1. The number of benzene rings is 2. The molecule has 0 spiro atoms. The number of aliphatic carboxylic acids is 1. The number of carboxylic acids is 1. The van der Waals surface area contributed by atoms with Crippen LogP contribution in [0.1, 0.15) is 42.4 Å². The van der Waals surface area contributed by atoms with Gasteiger partial charge in [-0.25, -0.2) is 13.8 Å². The minimum Gasteiger partial charge on any atom is -0.481 e. The van der Waals surface area contributed by atoms with Crippen molar-refractivity contribution in [1.29, 1.82) is 5.26 Å². The van der Waals surface area contributed by atoms with E-state index < -0.39 is 17.6 Å². The number of hydrogen-bond acceptors (Lipinski definition) is 5. The maximum absolute atomic E-state index is 15.1. The Morgan fingerprint density at radius 3 is 2.34 bits per heavy atom. The Morgan fingerprint density at radius 2 is 1.71 bits per heavy atom. The van der Waals surface area contributed by atoms with Gasteiger partial charge in [0.1, 0.15) is 23.4 Å². The lowest BCUT2D eigenvalue weighted by Crippen LogP contribution is -2.28. The van der Waals surface area contributed by atoms with E-state index in [1.54, 1.807) is 29.2 Å². The molecule has 0 unspecified atom stereocenters. The molecule has 0 bridgehead atoms. The highest BCUT2D eigenvalue weighted by molar-refractivity contribution is 5.70. The smallest absolute Gasteiger partial charge is 0.306 e. The van der Waals surface area contributed by atoms with Gasteiger partial charge in [-0.3, -0.25) is 4.79 Å². The summed E-state index contributed by atoms with van der Waals surface area (Å²) in [6.07, 6.45) is 3.87. The first-order chi connectivity index (χ1) is 16.9. The number of halogens is 2. The third-order valence-corrected chi connectivity index (χ3v) is 6.77. The maximum atomic E-state index is 15.1. The zero-order valence-electron chi connectivity index (χ0n) is 18.9. The Bertz CT molecular complexity index is 1290. The fraction of sp³-hybridized carbons (Fsp3) is 0.296. The van der Waals surface area contributed by atoms with Crippen LogP contribution in [-0.2, 0) is 17.9 Å². The van der Waals surface area contributed by atoms with Gasteiger partial charge in [0.15, 0.2) is 0 Å². The van der Waals surface area contributed by atoms with Gasteiger partial charge in [-0.2, -0.15) is 5.26 Å². The molecule has 1 fully saturated rings. The molecule has 178 valence electrons. The molecule has 35 heavy (non-hydrogen) atoms. The highest BCUT2D eigenvalue weighted by Gasteiger charge is 2.28. The molecular weight excluding hydrogens is 452 g/mol. The molecular formula is C27H23F2N3O3. The summed E-state index contributed by atoms with van der Waals surface area (Å²) in [5.41, 5.74) is 3.20.